The predicted molar refractivity (Wildman–Crippen MR) is 75.3 cm³/mol. The number of benzene rings is 1. The fraction of sp³-hybridized carbons (Fsp3) is 0.375. The molecule has 21 heavy (non-hydrogen) atoms. The molecule has 0 atom stereocenters. The Hall–Kier alpha value is -2.04. The van der Waals surface area contributed by atoms with Gasteiger partial charge in [-0.2, -0.15) is 0 Å². The number of rotatable bonds is 3. The van der Waals surface area contributed by atoms with Crippen LogP contribution < -0.4 is 4.90 Å². The molecule has 4 rings (SSSR count). The first-order chi connectivity index (χ1) is 10.2. The van der Waals surface area contributed by atoms with E-state index in [0.717, 1.165) is 25.9 Å². The maximum Gasteiger partial charge on any atom is 0.280 e. The van der Waals surface area contributed by atoms with Gasteiger partial charge < -0.3 is 4.90 Å². The van der Waals surface area contributed by atoms with Gasteiger partial charge in [0.05, 0.1) is 0 Å². The summed E-state index contributed by atoms with van der Waals surface area (Å²) in [6.07, 6.45) is -0.534. The minimum atomic E-state index is -2.55. The van der Waals surface area contributed by atoms with Gasteiger partial charge in [-0.3, -0.25) is 0 Å². The molecule has 2 aliphatic rings. The molecular weight excluding hydrogens is 272 g/mol. The molecule has 1 aliphatic carbocycles. The highest BCUT2D eigenvalue weighted by molar-refractivity contribution is 5.48. The fourth-order valence-corrected chi connectivity index (χ4v) is 2.76. The zero-order chi connectivity index (χ0) is 14.4. The van der Waals surface area contributed by atoms with Crippen LogP contribution in [0, 0.1) is 0 Å². The van der Waals surface area contributed by atoms with E-state index >= 15 is 0 Å². The average Bonchev–Trinajstić information content (AvgIpc) is 3.25. The molecule has 1 aromatic carbocycles. The highest BCUT2D eigenvalue weighted by atomic mass is 19.3. The Labute approximate surface area is 121 Å². The summed E-state index contributed by atoms with van der Waals surface area (Å²) in [5.41, 5.74) is 2.32. The summed E-state index contributed by atoms with van der Waals surface area (Å²) >= 11 is 0. The molecule has 2 heterocycles. The predicted octanol–water partition coefficient (Wildman–Crippen LogP) is 3.81. The normalized spacial score (nSPS) is 17.4. The van der Waals surface area contributed by atoms with Crippen molar-refractivity contribution in [2.75, 3.05) is 4.90 Å². The van der Waals surface area contributed by atoms with Crippen molar-refractivity contribution in [3.63, 3.8) is 0 Å². The largest absolute Gasteiger partial charge is 0.348 e. The third kappa shape index (κ3) is 2.37. The van der Waals surface area contributed by atoms with Gasteiger partial charge in [-0.05, 0) is 24.0 Å². The fourth-order valence-electron chi connectivity index (χ4n) is 2.76. The van der Waals surface area contributed by atoms with Crippen LogP contribution in [0.1, 0.15) is 47.8 Å². The van der Waals surface area contributed by atoms with Crippen LogP contribution in [-0.2, 0) is 13.1 Å². The number of nitrogens with zero attached hydrogens (tertiary/aromatic N) is 3. The summed E-state index contributed by atoms with van der Waals surface area (Å²) < 4.78 is 26.1. The first-order valence-electron chi connectivity index (χ1n) is 7.19. The number of alkyl halides is 2. The molecule has 0 unspecified atom stereocenters. The quantitative estimate of drug-likeness (QED) is 0.859. The number of hydrogen-bond donors (Lipinski definition) is 0. The summed E-state index contributed by atoms with van der Waals surface area (Å²) in [6, 6.07) is 9.59. The zero-order valence-corrected chi connectivity index (χ0v) is 11.5. The third-order valence-electron chi connectivity index (χ3n) is 4.08. The SMILES string of the molecule is FC(F)c1cc(N2Cc3ccccc3C2)nc(C2CC2)n1. The van der Waals surface area contributed by atoms with Crippen LogP contribution in [-0.4, -0.2) is 9.97 Å². The van der Waals surface area contributed by atoms with Crippen LogP contribution in [0.15, 0.2) is 30.3 Å². The third-order valence-corrected chi connectivity index (χ3v) is 4.08. The Morgan fingerprint density at radius 3 is 2.29 bits per heavy atom. The van der Waals surface area contributed by atoms with Gasteiger partial charge in [-0.1, -0.05) is 24.3 Å². The highest BCUT2D eigenvalue weighted by Gasteiger charge is 2.30. The lowest BCUT2D eigenvalue weighted by molar-refractivity contribution is 0.145. The lowest BCUT2D eigenvalue weighted by atomic mass is 10.1. The summed E-state index contributed by atoms with van der Waals surface area (Å²) in [4.78, 5) is 10.6. The van der Waals surface area contributed by atoms with Crippen LogP contribution >= 0.6 is 0 Å². The Balaban J connectivity index is 1.69. The number of aromatic nitrogens is 2. The van der Waals surface area contributed by atoms with Gasteiger partial charge in [0.25, 0.3) is 6.43 Å². The van der Waals surface area contributed by atoms with Crippen LogP contribution in [0.4, 0.5) is 14.6 Å². The van der Waals surface area contributed by atoms with E-state index in [9.17, 15) is 8.78 Å². The Bertz CT molecular complexity index is 638. The molecule has 1 saturated carbocycles. The number of fused-ring (bicyclic) bond motifs is 1. The van der Waals surface area contributed by atoms with E-state index in [4.69, 9.17) is 0 Å². The second-order valence-corrected chi connectivity index (χ2v) is 5.71. The minimum Gasteiger partial charge on any atom is -0.348 e. The molecule has 0 saturated heterocycles. The Kier molecular flexibility index (Phi) is 2.87. The number of hydrogen-bond acceptors (Lipinski definition) is 3. The van der Waals surface area contributed by atoms with Crippen LogP contribution in [0.25, 0.3) is 0 Å². The van der Waals surface area contributed by atoms with Crippen molar-refractivity contribution in [2.24, 2.45) is 0 Å². The highest BCUT2D eigenvalue weighted by Crippen LogP contribution is 2.40. The molecule has 0 N–H and O–H groups in total. The number of anilines is 1. The van der Waals surface area contributed by atoms with Crippen molar-refractivity contribution in [1.82, 2.24) is 9.97 Å². The van der Waals surface area contributed by atoms with Gasteiger partial charge in [-0.15, -0.1) is 0 Å². The maximum absolute atomic E-state index is 13.1. The van der Waals surface area contributed by atoms with Crippen molar-refractivity contribution >= 4 is 5.82 Å². The van der Waals surface area contributed by atoms with Crippen LogP contribution in [0.2, 0.25) is 0 Å². The molecular formula is C16H15F2N3. The zero-order valence-electron chi connectivity index (χ0n) is 11.5. The van der Waals surface area contributed by atoms with Gasteiger partial charge in [0.15, 0.2) is 0 Å². The monoisotopic (exact) mass is 287 g/mol. The summed E-state index contributed by atoms with van der Waals surface area (Å²) in [5, 5.41) is 0. The van der Waals surface area contributed by atoms with Gasteiger partial charge in [0.1, 0.15) is 17.3 Å². The van der Waals surface area contributed by atoms with E-state index in [-0.39, 0.29) is 11.6 Å². The van der Waals surface area contributed by atoms with E-state index in [0.29, 0.717) is 11.6 Å². The van der Waals surface area contributed by atoms with Crippen molar-refractivity contribution < 1.29 is 8.78 Å². The molecule has 0 radical (unpaired) electrons. The van der Waals surface area contributed by atoms with E-state index in [1.165, 1.54) is 17.2 Å². The average molecular weight is 287 g/mol. The second-order valence-electron chi connectivity index (χ2n) is 5.71. The molecule has 0 amide bonds. The first-order valence-corrected chi connectivity index (χ1v) is 7.19. The van der Waals surface area contributed by atoms with Crippen molar-refractivity contribution in [3.8, 4) is 0 Å². The molecule has 3 nitrogen and oxygen atoms in total. The smallest absolute Gasteiger partial charge is 0.280 e. The first kappa shape index (κ1) is 12.7. The van der Waals surface area contributed by atoms with Crippen LogP contribution in [0.5, 0.6) is 0 Å². The maximum atomic E-state index is 13.1. The summed E-state index contributed by atoms with van der Waals surface area (Å²) in [5.74, 6) is 1.48. The van der Waals surface area contributed by atoms with E-state index < -0.39 is 6.43 Å². The van der Waals surface area contributed by atoms with Crippen molar-refractivity contribution in [2.45, 2.75) is 38.3 Å². The van der Waals surface area contributed by atoms with E-state index in [2.05, 4.69) is 22.1 Å². The Morgan fingerprint density at radius 2 is 1.71 bits per heavy atom. The molecule has 2 aromatic rings. The summed E-state index contributed by atoms with van der Waals surface area (Å²) in [7, 11) is 0. The number of halogens is 2. The van der Waals surface area contributed by atoms with Gasteiger partial charge in [-0.25, -0.2) is 18.7 Å². The standard InChI is InChI=1S/C16H15F2N3/c17-15(18)13-7-14(20-16(19-13)10-5-6-10)21-8-11-3-1-2-4-12(11)9-21/h1-4,7,10,15H,5-6,8-9H2. The van der Waals surface area contributed by atoms with Gasteiger partial charge in [0.2, 0.25) is 0 Å². The van der Waals surface area contributed by atoms with Gasteiger partial charge in [0, 0.05) is 25.1 Å². The lowest BCUT2D eigenvalue weighted by Gasteiger charge is -2.18. The Morgan fingerprint density at radius 1 is 1.05 bits per heavy atom. The molecule has 1 fully saturated rings. The lowest BCUT2D eigenvalue weighted by Crippen LogP contribution is -2.17. The molecule has 1 aliphatic heterocycles. The van der Waals surface area contributed by atoms with Crippen molar-refractivity contribution in [3.05, 3.63) is 53.0 Å². The van der Waals surface area contributed by atoms with Crippen LogP contribution in [0.3, 0.4) is 0 Å². The topological polar surface area (TPSA) is 29.0 Å². The molecule has 108 valence electrons. The van der Waals surface area contributed by atoms with Gasteiger partial charge >= 0.3 is 0 Å². The molecule has 1 aromatic heterocycles. The molecule has 0 bridgehead atoms. The molecule has 0 spiro atoms. The molecule has 5 heteroatoms. The summed E-state index contributed by atoms with van der Waals surface area (Å²) in [6.45, 7) is 1.44. The van der Waals surface area contributed by atoms with Crippen molar-refractivity contribution in [1.29, 1.82) is 0 Å². The minimum absolute atomic E-state index is 0.155. The van der Waals surface area contributed by atoms with E-state index in [1.54, 1.807) is 0 Å². The van der Waals surface area contributed by atoms with E-state index in [1.807, 2.05) is 17.0 Å². The second kappa shape index (κ2) is 4.76.